The number of aliphatic carboxylic acids is 1. The molecule has 0 aliphatic rings. The van der Waals surface area contributed by atoms with Gasteiger partial charge < -0.3 is 19.3 Å². The number of ether oxygens (including phenoxy) is 3. The molecule has 116 valence electrons. The first-order valence-corrected chi connectivity index (χ1v) is 7.22. The highest BCUT2D eigenvalue weighted by molar-refractivity contribution is 9.10. The lowest BCUT2D eigenvalue weighted by Gasteiger charge is -2.13. The van der Waals surface area contributed by atoms with Gasteiger partial charge in [0.1, 0.15) is 23.0 Å². The van der Waals surface area contributed by atoms with Gasteiger partial charge in [0.2, 0.25) is 0 Å². The van der Waals surface area contributed by atoms with E-state index in [4.69, 9.17) is 19.3 Å². The predicted molar refractivity (Wildman–Crippen MR) is 85.1 cm³/mol. The fraction of sp³-hybridized carbons (Fsp3) is 0.188. The van der Waals surface area contributed by atoms with E-state index in [9.17, 15) is 4.79 Å². The van der Waals surface area contributed by atoms with Gasteiger partial charge in [0.15, 0.2) is 0 Å². The van der Waals surface area contributed by atoms with Crippen LogP contribution in [0, 0.1) is 0 Å². The molecule has 5 nitrogen and oxygen atoms in total. The van der Waals surface area contributed by atoms with Crippen LogP contribution in [0.25, 0.3) is 0 Å². The van der Waals surface area contributed by atoms with Crippen molar-refractivity contribution in [2.75, 3.05) is 14.2 Å². The molecule has 2 aromatic rings. The highest BCUT2D eigenvalue weighted by atomic mass is 79.9. The van der Waals surface area contributed by atoms with Gasteiger partial charge in [0.05, 0.1) is 20.6 Å². The van der Waals surface area contributed by atoms with Crippen LogP contribution >= 0.6 is 15.9 Å². The molecular weight excluding hydrogens is 352 g/mol. The minimum Gasteiger partial charge on any atom is -0.496 e. The normalized spacial score (nSPS) is 10.1. The smallest absolute Gasteiger partial charge is 0.307 e. The average molecular weight is 367 g/mol. The molecule has 0 aliphatic heterocycles. The summed E-state index contributed by atoms with van der Waals surface area (Å²) in [5, 5.41) is 9.00. The number of carbonyl (C=O) groups is 1. The molecule has 6 heteroatoms. The van der Waals surface area contributed by atoms with Gasteiger partial charge in [-0.25, -0.2) is 0 Å². The first kappa shape index (κ1) is 16.2. The fourth-order valence-corrected chi connectivity index (χ4v) is 2.32. The van der Waals surface area contributed by atoms with Crippen molar-refractivity contribution >= 4 is 21.9 Å². The number of methoxy groups -OCH3 is 2. The van der Waals surface area contributed by atoms with Gasteiger partial charge in [-0.3, -0.25) is 4.79 Å². The Morgan fingerprint density at radius 2 is 1.64 bits per heavy atom. The molecule has 0 aromatic heterocycles. The van der Waals surface area contributed by atoms with Crippen LogP contribution in [0.4, 0.5) is 0 Å². The third-order valence-electron chi connectivity index (χ3n) is 2.92. The molecular formula is C16H15BrO5. The Kier molecular flexibility index (Phi) is 5.27. The summed E-state index contributed by atoms with van der Waals surface area (Å²) in [5.74, 6) is 1.23. The maximum Gasteiger partial charge on any atom is 0.307 e. The van der Waals surface area contributed by atoms with Crippen molar-refractivity contribution < 1.29 is 24.1 Å². The topological polar surface area (TPSA) is 65.0 Å². The van der Waals surface area contributed by atoms with E-state index in [1.54, 1.807) is 50.6 Å². The van der Waals surface area contributed by atoms with Gasteiger partial charge in [0.25, 0.3) is 0 Å². The van der Waals surface area contributed by atoms with Crippen molar-refractivity contribution in [3.63, 3.8) is 0 Å². The van der Waals surface area contributed by atoms with E-state index in [1.807, 2.05) is 0 Å². The van der Waals surface area contributed by atoms with Gasteiger partial charge in [-0.15, -0.1) is 0 Å². The largest absolute Gasteiger partial charge is 0.496 e. The molecule has 0 atom stereocenters. The quantitative estimate of drug-likeness (QED) is 0.839. The molecule has 0 heterocycles. The first-order valence-electron chi connectivity index (χ1n) is 6.43. The number of carboxylic acid groups (broad SMARTS) is 1. The van der Waals surface area contributed by atoms with Crippen molar-refractivity contribution in [2.24, 2.45) is 0 Å². The van der Waals surface area contributed by atoms with Crippen LogP contribution < -0.4 is 14.2 Å². The fourth-order valence-electron chi connectivity index (χ4n) is 1.92. The number of hydrogen-bond acceptors (Lipinski definition) is 4. The Balaban J connectivity index is 2.36. The maximum absolute atomic E-state index is 11.0. The maximum atomic E-state index is 11.0. The van der Waals surface area contributed by atoms with E-state index in [2.05, 4.69) is 15.9 Å². The van der Waals surface area contributed by atoms with E-state index in [0.29, 0.717) is 28.6 Å². The van der Waals surface area contributed by atoms with E-state index in [1.165, 1.54) is 0 Å². The van der Waals surface area contributed by atoms with Gasteiger partial charge in [0, 0.05) is 28.2 Å². The van der Waals surface area contributed by atoms with Crippen molar-refractivity contribution in [2.45, 2.75) is 6.42 Å². The Hall–Kier alpha value is -2.21. The molecule has 0 amide bonds. The van der Waals surface area contributed by atoms with Crippen LogP contribution in [0.2, 0.25) is 0 Å². The summed E-state index contributed by atoms with van der Waals surface area (Å²) in [7, 11) is 3.10. The van der Waals surface area contributed by atoms with E-state index in [-0.39, 0.29) is 6.42 Å². The van der Waals surface area contributed by atoms with Crippen LogP contribution in [0.5, 0.6) is 23.0 Å². The zero-order chi connectivity index (χ0) is 16.1. The van der Waals surface area contributed by atoms with Crippen molar-refractivity contribution in [3.05, 3.63) is 46.4 Å². The molecule has 0 spiro atoms. The Labute approximate surface area is 136 Å². The lowest BCUT2D eigenvalue weighted by Crippen LogP contribution is -2.02. The molecule has 2 aromatic carbocycles. The van der Waals surface area contributed by atoms with Crippen LogP contribution in [0.1, 0.15) is 5.56 Å². The summed E-state index contributed by atoms with van der Waals surface area (Å²) in [6.45, 7) is 0. The monoisotopic (exact) mass is 366 g/mol. The third kappa shape index (κ3) is 4.14. The lowest BCUT2D eigenvalue weighted by atomic mass is 10.1. The SMILES string of the molecule is COc1cc(OC)cc(Oc2ccc(Br)cc2CC(=O)O)c1. The minimum atomic E-state index is -0.925. The number of halogens is 1. The van der Waals surface area contributed by atoms with Crippen LogP contribution in [0.15, 0.2) is 40.9 Å². The molecule has 1 N–H and O–H groups in total. The molecule has 2 rings (SSSR count). The third-order valence-corrected chi connectivity index (χ3v) is 3.41. The van der Waals surface area contributed by atoms with Crippen molar-refractivity contribution in [1.82, 2.24) is 0 Å². The van der Waals surface area contributed by atoms with Crippen LogP contribution in [-0.4, -0.2) is 25.3 Å². The van der Waals surface area contributed by atoms with Crippen molar-refractivity contribution in [3.8, 4) is 23.0 Å². The highest BCUT2D eigenvalue weighted by Crippen LogP contribution is 2.33. The van der Waals surface area contributed by atoms with E-state index < -0.39 is 5.97 Å². The number of hydrogen-bond donors (Lipinski definition) is 1. The number of rotatable bonds is 6. The lowest BCUT2D eigenvalue weighted by molar-refractivity contribution is -0.136. The van der Waals surface area contributed by atoms with Crippen molar-refractivity contribution in [1.29, 1.82) is 0 Å². The average Bonchev–Trinajstić information content (AvgIpc) is 2.49. The zero-order valence-corrected chi connectivity index (χ0v) is 13.7. The summed E-state index contributed by atoms with van der Waals surface area (Å²) in [6, 6.07) is 10.4. The molecule has 0 radical (unpaired) electrons. The first-order chi connectivity index (χ1) is 10.5. The molecule has 0 bridgehead atoms. The number of carboxylic acids is 1. The van der Waals surface area contributed by atoms with Gasteiger partial charge in [-0.2, -0.15) is 0 Å². The Morgan fingerprint density at radius 1 is 1.05 bits per heavy atom. The van der Waals surface area contributed by atoms with E-state index >= 15 is 0 Å². The van der Waals surface area contributed by atoms with E-state index in [0.717, 1.165) is 4.47 Å². The molecule has 0 fully saturated rings. The summed E-state index contributed by atoms with van der Waals surface area (Å²) in [4.78, 5) is 11.0. The minimum absolute atomic E-state index is 0.129. The molecule has 0 saturated carbocycles. The molecule has 0 aliphatic carbocycles. The summed E-state index contributed by atoms with van der Waals surface area (Å²) in [5.41, 5.74) is 0.573. The second-order valence-corrected chi connectivity index (χ2v) is 5.39. The van der Waals surface area contributed by atoms with Gasteiger partial charge >= 0.3 is 5.97 Å². The van der Waals surface area contributed by atoms with Gasteiger partial charge in [-0.05, 0) is 18.2 Å². The molecule has 0 unspecified atom stereocenters. The standard InChI is InChI=1S/C16H15BrO5/c1-20-12-7-13(21-2)9-14(8-12)22-15-4-3-11(17)5-10(15)6-16(18)19/h3-5,7-9H,6H2,1-2H3,(H,18,19). The summed E-state index contributed by atoms with van der Waals surface area (Å²) >= 11 is 3.33. The summed E-state index contributed by atoms with van der Waals surface area (Å²) < 4.78 is 17.0. The Bertz CT molecular complexity index is 662. The van der Waals surface area contributed by atoms with Gasteiger partial charge in [-0.1, -0.05) is 15.9 Å². The summed E-state index contributed by atoms with van der Waals surface area (Å²) in [6.07, 6.45) is -0.129. The number of benzene rings is 2. The molecule has 0 saturated heterocycles. The zero-order valence-electron chi connectivity index (χ0n) is 12.1. The molecule has 22 heavy (non-hydrogen) atoms. The second kappa shape index (κ2) is 7.17. The van der Waals surface area contributed by atoms with Crippen LogP contribution in [0.3, 0.4) is 0 Å². The predicted octanol–water partition coefficient (Wildman–Crippen LogP) is 3.89. The second-order valence-electron chi connectivity index (χ2n) is 4.47. The van der Waals surface area contributed by atoms with Crippen LogP contribution in [-0.2, 0) is 11.2 Å². The highest BCUT2D eigenvalue weighted by Gasteiger charge is 2.11. The Morgan fingerprint density at radius 3 is 2.18 bits per heavy atom.